The van der Waals surface area contributed by atoms with Gasteiger partial charge in [-0.05, 0) is 24.3 Å². The minimum Gasteiger partial charge on any atom is -0.493 e. The minimum absolute atomic E-state index is 0.251. The van der Waals surface area contributed by atoms with Gasteiger partial charge in [-0.15, -0.1) is 0 Å². The molecule has 0 fully saturated rings. The number of ether oxygens (including phenoxy) is 2. The molecule has 0 saturated heterocycles. The SMILES string of the molecule is COc1ccccc1OCC(=O)n1c(=O)oc2cc(N)ccc21. The Morgan fingerprint density at radius 1 is 1.22 bits per heavy atom. The van der Waals surface area contributed by atoms with Crippen molar-refractivity contribution in [3.05, 3.63) is 53.0 Å². The number of hydrogen-bond acceptors (Lipinski definition) is 6. The maximum absolute atomic E-state index is 12.3. The Morgan fingerprint density at radius 2 is 1.96 bits per heavy atom. The monoisotopic (exact) mass is 314 g/mol. The number of carbonyl (C=O) groups is 1. The zero-order valence-electron chi connectivity index (χ0n) is 12.3. The molecular formula is C16H14N2O5. The number of anilines is 1. The van der Waals surface area contributed by atoms with Gasteiger partial charge in [-0.1, -0.05) is 12.1 Å². The summed E-state index contributed by atoms with van der Waals surface area (Å²) in [5.74, 6) is -0.422. The van der Waals surface area contributed by atoms with E-state index in [2.05, 4.69) is 0 Å². The number of benzene rings is 2. The van der Waals surface area contributed by atoms with Crippen molar-refractivity contribution in [1.82, 2.24) is 4.57 Å². The zero-order chi connectivity index (χ0) is 16.4. The molecule has 0 spiro atoms. The van der Waals surface area contributed by atoms with E-state index >= 15 is 0 Å². The number of methoxy groups -OCH3 is 1. The van der Waals surface area contributed by atoms with E-state index in [0.717, 1.165) is 4.57 Å². The molecule has 23 heavy (non-hydrogen) atoms. The predicted molar refractivity (Wildman–Crippen MR) is 84.0 cm³/mol. The number of fused-ring (bicyclic) bond motifs is 1. The van der Waals surface area contributed by atoms with Gasteiger partial charge in [0.05, 0.1) is 12.6 Å². The van der Waals surface area contributed by atoms with Crippen LogP contribution in [-0.2, 0) is 0 Å². The Balaban J connectivity index is 1.87. The second kappa shape index (κ2) is 5.88. The lowest BCUT2D eigenvalue weighted by Gasteiger charge is -2.09. The van der Waals surface area contributed by atoms with Crippen LogP contribution in [0, 0.1) is 0 Å². The second-order valence-corrected chi connectivity index (χ2v) is 4.76. The smallest absolute Gasteiger partial charge is 0.426 e. The molecule has 0 radical (unpaired) electrons. The Labute approximate surface area is 130 Å². The average Bonchev–Trinajstić information content (AvgIpc) is 2.87. The summed E-state index contributed by atoms with van der Waals surface area (Å²) in [5, 5.41) is 0. The summed E-state index contributed by atoms with van der Waals surface area (Å²) in [4.78, 5) is 24.2. The number of nitrogens with zero attached hydrogens (tertiary/aromatic N) is 1. The van der Waals surface area contributed by atoms with Crippen LogP contribution in [-0.4, -0.2) is 24.2 Å². The molecule has 7 nitrogen and oxygen atoms in total. The maximum atomic E-state index is 12.3. The molecule has 2 N–H and O–H groups in total. The van der Waals surface area contributed by atoms with Gasteiger partial charge in [-0.2, -0.15) is 0 Å². The lowest BCUT2D eigenvalue weighted by atomic mass is 10.3. The Bertz CT molecular complexity index is 926. The normalized spacial score (nSPS) is 10.7. The second-order valence-electron chi connectivity index (χ2n) is 4.76. The highest BCUT2D eigenvalue weighted by atomic mass is 16.5. The molecule has 7 heteroatoms. The van der Waals surface area contributed by atoms with E-state index in [1.807, 2.05) is 0 Å². The number of para-hydroxylation sites is 2. The van der Waals surface area contributed by atoms with Crippen molar-refractivity contribution in [3.8, 4) is 11.5 Å². The fourth-order valence-electron chi connectivity index (χ4n) is 2.21. The van der Waals surface area contributed by atoms with Crippen molar-refractivity contribution in [2.24, 2.45) is 0 Å². The molecule has 0 atom stereocenters. The van der Waals surface area contributed by atoms with Crippen LogP contribution in [0.3, 0.4) is 0 Å². The molecule has 0 saturated carbocycles. The van der Waals surface area contributed by atoms with E-state index < -0.39 is 11.7 Å². The Morgan fingerprint density at radius 3 is 2.70 bits per heavy atom. The third kappa shape index (κ3) is 2.76. The first kappa shape index (κ1) is 14.7. The lowest BCUT2D eigenvalue weighted by molar-refractivity contribution is 0.0832. The van der Waals surface area contributed by atoms with Gasteiger partial charge in [0.2, 0.25) is 0 Å². The van der Waals surface area contributed by atoms with Crippen LogP contribution in [0.15, 0.2) is 51.7 Å². The summed E-state index contributed by atoms with van der Waals surface area (Å²) in [7, 11) is 1.50. The van der Waals surface area contributed by atoms with E-state index in [1.165, 1.54) is 13.2 Å². The molecule has 0 aliphatic carbocycles. The van der Waals surface area contributed by atoms with E-state index in [-0.39, 0.29) is 12.2 Å². The third-order valence-corrected chi connectivity index (χ3v) is 3.27. The molecule has 0 aliphatic rings. The van der Waals surface area contributed by atoms with Gasteiger partial charge in [0, 0.05) is 11.8 Å². The minimum atomic E-state index is -0.778. The first-order valence-electron chi connectivity index (χ1n) is 6.80. The maximum Gasteiger partial charge on any atom is 0.426 e. The number of oxazole rings is 1. The number of aromatic nitrogens is 1. The van der Waals surface area contributed by atoms with Crippen LogP contribution < -0.4 is 21.0 Å². The molecule has 0 unspecified atom stereocenters. The molecule has 1 aromatic heterocycles. The van der Waals surface area contributed by atoms with E-state index in [4.69, 9.17) is 19.6 Å². The molecule has 3 aromatic rings. The highest BCUT2D eigenvalue weighted by Crippen LogP contribution is 2.25. The topological polar surface area (TPSA) is 96.7 Å². The zero-order valence-corrected chi connectivity index (χ0v) is 12.3. The fourth-order valence-corrected chi connectivity index (χ4v) is 2.21. The molecule has 3 rings (SSSR count). The van der Waals surface area contributed by atoms with Crippen LogP contribution in [0.1, 0.15) is 4.79 Å². The summed E-state index contributed by atoms with van der Waals surface area (Å²) >= 11 is 0. The molecule has 0 amide bonds. The standard InChI is InChI=1S/C16H14N2O5/c1-21-12-4-2-3-5-13(12)22-9-15(19)18-11-7-6-10(17)8-14(11)23-16(18)20/h2-8H,9,17H2,1H3. The van der Waals surface area contributed by atoms with Gasteiger partial charge < -0.3 is 19.6 Å². The summed E-state index contributed by atoms with van der Waals surface area (Å²) in [6.45, 7) is -0.334. The molecule has 0 aliphatic heterocycles. The van der Waals surface area contributed by atoms with E-state index in [9.17, 15) is 9.59 Å². The molecular weight excluding hydrogens is 300 g/mol. The Kier molecular flexibility index (Phi) is 3.76. The van der Waals surface area contributed by atoms with Gasteiger partial charge in [0.15, 0.2) is 23.7 Å². The molecule has 0 bridgehead atoms. The van der Waals surface area contributed by atoms with Crippen LogP contribution in [0.25, 0.3) is 11.1 Å². The fraction of sp³-hybridized carbons (Fsp3) is 0.125. The largest absolute Gasteiger partial charge is 0.493 e. The van der Waals surface area contributed by atoms with Gasteiger partial charge in [-0.3, -0.25) is 4.79 Å². The lowest BCUT2D eigenvalue weighted by Crippen LogP contribution is -2.27. The summed E-state index contributed by atoms with van der Waals surface area (Å²) in [5.41, 5.74) is 6.67. The number of rotatable bonds is 4. The quantitative estimate of drug-likeness (QED) is 0.739. The first-order valence-corrected chi connectivity index (χ1v) is 6.80. The van der Waals surface area contributed by atoms with Crippen LogP contribution in [0.2, 0.25) is 0 Å². The summed E-state index contributed by atoms with van der Waals surface area (Å²) in [6, 6.07) is 11.5. The van der Waals surface area contributed by atoms with E-state index in [1.54, 1.807) is 36.4 Å². The molecule has 2 aromatic carbocycles. The van der Waals surface area contributed by atoms with Crippen molar-refractivity contribution in [2.45, 2.75) is 0 Å². The summed E-state index contributed by atoms with van der Waals surface area (Å²) in [6.07, 6.45) is 0. The highest BCUT2D eigenvalue weighted by molar-refractivity contribution is 5.90. The average molecular weight is 314 g/mol. The van der Waals surface area contributed by atoms with Gasteiger partial charge in [0.25, 0.3) is 5.91 Å². The van der Waals surface area contributed by atoms with Crippen molar-refractivity contribution < 1.29 is 18.7 Å². The van der Waals surface area contributed by atoms with Crippen molar-refractivity contribution >= 4 is 22.7 Å². The van der Waals surface area contributed by atoms with Crippen LogP contribution >= 0.6 is 0 Å². The number of carbonyl (C=O) groups excluding carboxylic acids is 1. The predicted octanol–water partition coefficient (Wildman–Crippen LogP) is 1.90. The van der Waals surface area contributed by atoms with Crippen LogP contribution in [0.4, 0.5) is 5.69 Å². The van der Waals surface area contributed by atoms with Gasteiger partial charge in [-0.25, -0.2) is 9.36 Å². The molecule has 118 valence electrons. The summed E-state index contributed by atoms with van der Waals surface area (Å²) < 4.78 is 16.5. The molecule has 1 heterocycles. The third-order valence-electron chi connectivity index (χ3n) is 3.27. The first-order chi connectivity index (χ1) is 11.1. The van der Waals surface area contributed by atoms with Gasteiger partial charge >= 0.3 is 5.76 Å². The number of nitrogens with two attached hydrogens (primary N) is 1. The van der Waals surface area contributed by atoms with Gasteiger partial charge in [0.1, 0.15) is 0 Å². The van der Waals surface area contributed by atoms with Crippen molar-refractivity contribution in [2.75, 3.05) is 19.5 Å². The van der Waals surface area contributed by atoms with E-state index in [0.29, 0.717) is 22.7 Å². The van der Waals surface area contributed by atoms with Crippen LogP contribution in [0.5, 0.6) is 11.5 Å². The highest BCUT2D eigenvalue weighted by Gasteiger charge is 2.17. The Hall–Kier alpha value is -3.22. The van der Waals surface area contributed by atoms with Crippen molar-refractivity contribution in [3.63, 3.8) is 0 Å². The van der Waals surface area contributed by atoms with Crippen molar-refractivity contribution in [1.29, 1.82) is 0 Å². The number of hydrogen-bond donors (Lipinski definition) is 1. The number of nitrogen functional groups attached to an aromatic ring is 1.